The molecule has 0 radical (unpaired) electrons. The lowest BCUT2D eigenvalue weighted by atomic mass is 10.0. The molecule has 0 amide bonds. The van der Waals surface area contributed by atoms with Gasteiger partial charge in [0.2, 0.25) is 23.5 Å². The molecule has 28 rings (SSSR count). The van der Waals surface area contributed by atoms with Crippen molar-refractivity contribution in [3.8, 4) is 57.2 Å². The van der Waals surface area contributed by atoms with Crippen molar-refractivity contribution in [2.75, 3.05) is 0 Å². The van der Waals surface area contributed by atoms with Gasteiger partial charge in [-0.05, 0) is 150 Å². The van der Waals surface area contributed by atoms with E-state index in [0.717, 1.165) is 165 Å². The second-order valence-electron chi connectivity index (χ2n) is 34.8. The molecule has 0 spiro atoms. The minimum absolute atomic E-state index is 0.450. The van der Waals surface area contributed by atoms with Crippen LogP contribution in [0.15, 0.2) is 458 Å². The molecule has 28 aromatic rings. The molecule has 18 aromatic carbocycles. The second-order valence-corrected chi connectivity index (χ2v) is 42.4. The van der Waals surface area contributed by atoms with Crippen molar-refractivity contribution in [3.05, 3.63) is 449 Å². The molecular formula is C118H74N12O2Si2. The second kappa shape index (κ2) is 29.4. The van der Waals surface area contributed by atoms with E-state index in [1.54, 1.807) is 0 Å². The van der Waals surface area contributed by atoms with Crippen LogP contribution in [-0.2, 0) is 0 Å². The van der Waals surface area contributed by atoms with E-state index in [1.807, 2.05) is 12.1 Å². The average molecular weight is 1750 g/mol. The van der Waals surface area contributed by atoms with Crippen LogP contribution >= 0.6 is 0 Å². The van der Waals surface area contributed by atoms with Crippen LogP contribution in [0.25, 0.3) is 200 Å². The Morgan fingerprint density at radius 3 is 1.22 bits per heavy atom. The Bertz CT molecular complexity index is 9560. The molecule has 0 fully saturated rings. The zero-order chi connectivity index (χ0) is 87.9. The quantitative estimate of drug-likeness (QED) is 0.0732. The van der Waals surface area contributed by atoms with E-state index in [4.69, 9.17) is 38.7 Å². The molecule has 0 aliphatic carbocycles. The molecule has 0 aliphatic heterocycles. The third-order valence-corrected chi connectivity index (χ3v) is 37.4. The molecule has 10 heterocycles. The minimum Gasteiger partial charge on any atom is -0.456 e. The van der Waals surface area contributed by atoms with Crippen molar-refractivity contribution < 1.29 is 8.83 Å². The van der Waals surface area contributed by atoms with Gasteiger partial charge in [-0.25, -0.2) is 24.5 Å². The van der Waals surface area contributed by atoms with Gasteiger partial charge in [-0.3, -0.25) is 22.5 Å². The van der Waals surface area contributed by atoms with E-state index in [1.165, 1.54) is 41.5 Å². The van der Waals surface area contributed by atoms with Crippen molar-refractivity contribution in [1.82, 2.24) is 57.0 Å². The summed E-state index contributed by atoms with van der Waals surface area (Å²) in [5.41, 5.74) is 20.3. The van der Waals surface area contributed by atoms with Gasteiger partial charge < -0.3 is 8.83 Å². The number of furan rings is 2. The number of benzene rings is 18. The fourth-order valence-corrected chi connectivity index (χ4v) is 31.6. The number of fused-ring (bicyclic) bond motifs is 22. The minimum atomic E-state index is -3.22. The van der Waals surface area contributed by atoms with Crippen LogP contribution in [0.5, 0.6) is 0 Å². The Morgan fingerprint density at radius 1 is 0.194 bits per heavy atom. The molecule has 16 heteroatoms. The molecule has 626 valence electrons. The standard InChI is InChI=1S/C118H74N12O2Si2/c1-5-32-79(33-6-1)133(80-34-7-2-8-35-80,85-65-68-110-93(72-85)90-45-17-27-56-108(90)131-110)84-40-29-31-78(69-84)97-74-112(125-98-49-20-13-41-86(98)87-42-14-21-50-99(87)125)123-115(120-97)126-100-51-22-15-43-88(100)92-70-76(61-66-101(92)126)77-62-67-106-107(71-77)128-103-53-24-19-48-95(103)121-117(128)129(106)113-73-96(119-116(124-113)130-105-55-26-25-54-104(105)127-102-52-23-18-47-94(102)122-118(127)130)75-59-63-83(64-60-75)134(81-36-9-3-10-37-81,82-38-11-4-12-39-82)111-58-30-46-91-89-44-16-28-57-109(89)132-114(91)111/h1-74H. The van der Waals surface area contributed by atoms with Gasteiger partial charge in [-0.2, -0.15) is 9.97 Å². The number of nitrogens with zero attached hydrogens (tertiary/aromatic N) is 12. The number of para-hydroxylation sites is 12. The summed E-state index contributed by atoms with van der Waals surface area (Å²) in [7, 11) is -6.43. The van der Waals surface area contributed by atoms with E-state index in [2.05, 4.69) is 464 Å². The molecule has 0 bridgehead atoms. The molecule has 0 N–H and O–H groups in total. The van der Waals surface area contributed by atoms with Crippen molar-refractivity contribution in [2.45, 2.75) is 0 Å². The molecule has 0 aliphatic rings. The highest BCUT2D eigenvalue weighted by Crippen LogP contribution is 2.42. The third-order valence-electron chi connectivity index (χ3n) is 27.8. The first-order chi connectivity index (χ1) is 66.4. The third kappa shape index (κ3) is 11.1. The molecule has 0 atom stereocenters. The van der Waals surface area contributed by atoms with Crippen molar-refractivity contribution in [2.24, 2.45) is 0 Å². The number of imidazole rings is 4. The Labute approximate surface area is 767 Å². The van der Waals surface area contributed by atoms with Gasteiger partial charge in [-0.1, -0.05) is 340 Å². The zero-order valence-corrected chi connectivity index (χ0v) is 73.9. The fraction of sp³-hybridized carbons (Fsp3) is 0. The lowest BCUT2D eigenvalue weighted by Crippen LogP contribution is -2.74. The largest absolute Gasteiger partial charge is 0.456 e. The van der Waals surface area contributed by atoms with Gasteiger partial charge >= 0.3 is 0 Å². The monoisotopic (exact) mass is 1750 g/mol. The average Bonchev–Trinajstić information content (AvgIpc) is 1.57. The van der Waals surface area contributed by atoms with Gasteiger partial charge in [0, 0.05) is 66.3 Å². The summed E-state index contributed by atoms with van der Waals surface area (Å²) in [6.07, 6.45) is 0. The summed E-state index contributed by atoms with van der Waals surface area (Å²) < 4.78 is 27.0. The van der Waals surface area contributed by atoms with Crippen molar-refractivity contribution >= 4 is 201 Å². The van der Waals surface area contributed by atoms with Crippen LogP contribution in [0.2, 0.25) is 0 Å². The normalized spacial score (nSPS) is 12.3. The number of hydrogen-bond acceptors (Lipinski definition) is 8. The topological polar surface area (TPSA) is 132 Å². The smallest absolute Gasteiger partial charge is 0.239 e. The van der Waals surface area contributed by atoms with Gasteiger partial charge in [-0.15, -0.1) is 0 Å². The molecule has 134 heavy (non-hydrogen) atoms. The van der Waals surface area contributed by atoms with E-state index in [0.29, 0.717) is 35.0 Å². The summed E-state index contributed by atoms with van der Waals surface area (Å²) in [6, 6.07) is 162. The number of rotatable bonds is 15. The lowest BCUT2D eigenvalue weighted by molar-refractivity contribution is 0.669. The summed E-state index contributed by atoms with van der Waals surface area (Å²) in [4.78, 5) is 34.2. The predicted molar refractivity (Wildman–Crippen MR) is 551 cm³/mol. The van der Waals surface area contributed by atoms with Crippen LogP contribution < -0.4 is 41.5 Å². The lowest BCUT2D eigenvalue weighted by Gasteiger charge is -2.34. The first kappa shape index (κ1) is 75.3. The van der Waals surface area contributed by atoms with E-state index < -0.39 is 16.1 Å². The summed E-state index contributed by atoms with van der Waals surface area (Å²) in [5, 5.41) is 18.6. The Kier molecular flexibility index (Phi) is 16.5. The summed E-state index contributed by atoms with van der Waals surface area (Å²) >= 11 is 0. The number of hydrogen-bond donors (Lipinski definition) is 0. The Hall–Kier alpha value is -17.7. The Balaban J connectivity index is 0.626. The molecule has 0 saturated heterocycles. The zero-order valence-electron chi connectivity index (χ0n) is 71.9. The van der Waals surface area contributed by atoms with Crippen molar-refractivity contribution in [1.29, 1.82) is 0 Å². The summed E-state index contributed by atoms with van der Waals surface area (Å²) in [6.45, 7) is 0. The molecule has 0 saturated carbocycles. The first-order valence-corrected chi connectivity index (χ1v) is 49.3. The highest BCUT2D eigenvalue weighted by molar-refractivity contribution is 7.21. The van der Waals surface area contributed by atoms with Crippen LogP contribution in [-0.4, -0.2) is 73.1 Å². The van der Waals surface area contributed by atoms with Gasteiger partial charge in [0.1, 0.15) is 34.0 Å². The maximum Gasteiger partial charge on any atom is 0.239 e. The molecule has 10 aromatic heterocycles. The summed E-state index contributed by atoms with van der Waals surface area (Å²) in [5.74, 6) is 3.75. The molecule has 0 unspecified atom stereocenters. The fourth-order valence-electron chi connectivity index (χ4n) is 22.0. The molecule has 14 nitrogen and oxygen atoms in total. The number of aromatic nitrogens is 12. The maximum atomic E-state index is 7.06. The Morgan fingerprint density at radius 2 is 0.597 bits per heavy atom. The van der Waals surface area contributed by atoms with Crippen LogP contribution in [0.4, 0.5) is 0 Å². The maximum absolute atomic E-state index is 7.06. The highest BCUT2D eigenvalue weighted by Gasteiger charge is 2.45. The van der Waals surface area contributed by atoms with Crippen LogP contribution in [0.3, 0.4) is 0 Å². The van der Waals surface area contributed by atoms with E-state index in [9.17, 15) is 0 Å². The van der Waals surface area contributed by atoms with Crippen molar-refractivity contribution in [3.63, 3.8) is 0 Å². The van der Waals surface area contributed by atoms with Crippen LogP contribution in [0.1, 0.15) is 0 Å². The van der Waals surface area contributed by atoms with E-state index in [-0.39, 0.29) is 0 Å². The van der Waals surface area contributed by atoms with Gasteiger partial charge in [0.05, 0.1) is 77.6 Å². The first-order valence-electron chi connectivity index (χ1n) is 45.3. The van der Waals surface area contributed by atoms with Gasteiger partial charge in [0.25, 0.3) is 0 Å². The highest BCUT2D eigenvalue weighted by atomic mass is 28.3. The van der Waals surface area contributed by atoms with Gasteiger partial charge in [0.15, 0.2) is 16.1 Å². The molecular weight excluding hydrogens is 1670 g/mol. The van der Waals surface area contributed by atoms with E-state index >= 15 is 0 Å². The SMILES string of the molecule is c1ccc([Si](c2ccccc2)(c2cccc(-c3cc(-n4c5ccccc5c5ccccc54)nc(-n4c5ccccc5c5cc(-c6ccc7c(c6)n6c8ccccc8nc6n7-c6cc(-c7ccc([Si](c8ccccc8)(c8ccccc8)c8cccc9c8oc8ccccc89)cc7)nc(-n7c8ccccc8n8c9ccccc9nc78)n6)ccc54)n3)c2)c2ccc3oc4ccccc4c3c2)cc1. The van der Waals surface area contributed by atoms with Crippen LogP contribution in [0, 0.1) is 0 Å². The predicted octanol–water partition coefficient (Wildman–Crippen LogP) is 22.5.